The number of esters is 1. The van der Waals surface area contributed by atoms with Crippen LogP contribution < -0.4 is 4.72 Å². The molecular formula is C6H11NO4S. The molecule has 0 aromatic rings. The van der Waals surface area contributed by atoms with Crippen molar-refractivity contribution < 1.29 is 19.4 Å². The third kappa shape index (κ3) is 4.20. The number of carboxylic acid groups (broad SMARTS) is 1. The van der Waals surface area contributed by atoms with E-state index in [4.69, 9.17) is 5.11 Å². The largest absolute Gasteiger partial charge is 0.480 e. The van der Waals surface area contributed by atoms with E-state index in [9.17, 15) is 9.59 Å². The molecule has 0 radical (unpaired) electrons. The summed E-state index contributed by atoms with van der Waals surface area (Å²) in [6.45, 7) is 0. The summed E-state index contributed by atoms with van der Waals surface area (Å²) >= 11 is 1.15. The zero-order valence-corrected chi connectivity index (χ0v) is 7.68. The SMILES string of the molecule is COC(=O)CC(NSC)C(=O)O. The van der Waals surface area contributed by atoms with Gasteiger partial charge >= 0.3 is 11.9 Å². The molecule has 0 aliphatic heterocycles. The maximum absolute atomic E-state index is 10.7. The molecule has 0 rings (SSSR count). The van der Waals surface area contributed by atoms with Gasteiger partial charge in [0.15, 0.2) is 0 Å². The number of carbonyl (C=O) groups is 2. The number of carbonyl (C=O) groups excluding carboxylic acids is 1. The fourth-order valence-corrected chi connectivity index (χ4v) is 1.04. The molecule has 1 atom stereocenters. The van der Waals surface area contributed by atoms with Crippen molar-refractivity contribution in [3.63, 3.8) is 0 Å². The molecule has 0 fully saturated rings. The molecular weight excluding hydrogens is 182 g/mol. The Morgan fingerprint density at radius 3 is 2.58 bits per heavy atom. The Labute approximate surface area is 74.6 Å². The van der Waals surface area contributed by atoms with Crippen LogP contribution in [0.4, 0.5) is 0 Å². The number of hydrogen-bond acceptors (Lipinski definition) is 5. The molecule has 1 unspecified atom stereocenters. The number of ether oxygens (including phenoxy) is 1. The molecule has 0 heterocycles. The van der Waals surface area contributed by atoms with Gasteiger partial charge in [-0.1, -0.05) is 11.9 Å². The second-order valence-electron chi connectivity index (χ2n) is 1.99. The second kappa shape index (κ2) is 5.84. The van der Waals surface area contributed by atoms with Gasteiger partial charge in [-0.2, -0.15) is 0 Å². The van der Waals surface area contributed by atoms with E-state index in [-0.39, 0.29) is 6.42 Å². The van der Waals surface area contributed by atoms with Crippen molar-refractivity contribution in [3.05, 3.63) is 0 Å². The van der Waals surface area contributed by atoms with Crippen molar-refractivity contribution in [1.29, 1.82) is 0 Å². The second-order valence-corrected chi connectivity index (χ2v) is 2.64. The molecule has 12 heavy (non-hydrogen) atoms. The summed E-state index contributed by atoms with van der Waals surface area (Å²) in [7, 11) is 1.22. The molecule has 0 saturated carbocycles. The first-order valence-electron chi connectivity index (χ1n) is 3.20. The number of rotatable bonds is 5. The van der Waals surface area contributed by atoms with E-state index in [1.807, 2.05) is 0 Å². The van der Waals surface area contributed by atoms with E-state index >= 15 is 0 Å². The topological polar surface area (TPSA) is 75.6 Å². The van der Waals surface area contributed by atoms with Gasteiger partial charge in [0, 0.05) is 0 Å². The minimum Gasteiger partial charge on any atom is -0.480 e. The van der Waals surface area contributed by atoms with Gasteiger partial charge in [0.25, 0.3) is 0 Å². The first kappa shape index (κ1) is 11.2. The van der Waals surface area contributed by atoms with Crippen LogP contribution in [0.25, 0.3) is 0 Å². The highest BCUT2D eigenvalue weighted by Crippen LogP contribution is 1.98. The smallest absolute Gasteiger partial charge is 0.322 e. The Morgan fingerprint density at radius 2 is 2.25 bits per heavy atom. The molecule has 0 amide bonds. The van der Waals surface area contributed by atoms with Gasteiger partial charge in [-0.05, 0) is 6.26 Å². The Balaban J connectivity index is 3.95. The van der Waals surface area contributed by atoms with E-state index in [0.717, 1.165) is 11.9 Å². The Bertz CT molecular complexity index is 171. The zero-order valence-electron chi connectivity index (χ0n) is 6.86. The van der Waals surface area contributed by atoms with Gasteiger partial charge in [-0.3, -0.25) is 9.59 Å². The minimum absolute atomic E-state index is 0.160. The van der Waals surface area contributed by atoms with Gasteiger partial charge in [0.1, 0.15) is 6.04 Å². The highest BCUT2D eigenvalue weighted by molar-refractivity contribution is 7.96. The molecule has 0 aliphatic rings. The van der Waals surface area contributed by atoms with Crippen molar-refractivity contribution >= 4 is 23.9 Å². The fraction of sp³-hybridized carbons (Fsp3) is 0.667. The Morgan fingerprint density at radius 1 is 1.67 bits per heavy atom. The standard InChI is InChI=1S/C6H11NO4S/c1-11-5(8)3-4(6(9)10)7-12-2/h4,7H,3H2,1-2H3,(H,9,10). The first-order chi connectivity index (χ1) is 5.61. The van der Waals surface area contributed by atoms with E-state index in [0.29, 0.717) is 0 Å². The number of aliphatic carboxylic acids is 1. The fourth-order valence-electron chi connectivity index (χ4n) is 0.572. The maximum atomic E-state index is 10.7. The number of hydrogen-bond donors (Lipinski definition) is 2. The van der Waals surface area contributed by atoms with Gasteiger partial charge in [0.05, 0.1) is 13.5 Å². The lowest BCUT2D eigenvalue weighted by molar-refractivity contribution is -0.147. The number of methoxy groups -OCH3 is 1. The van der Waals surface area contributed by atoms with Crippen LogP contribution in [0.3, 0.4) is 0 Å². The van der Waals surface area contributed by atoms with Crippen LogP contribution in [0.15, 0.2) is 0 Å². The normalized spacial score (nSPS) is 12.2. The first-order valence-corrected chi connectivity index (χ1v) is 4.42. The Kier molecular flexibility index (Phi) is 5.48. The molecule has 0 aromatic heterocycles. The van der Waals surface area contributed by atoms with Crippen molar-refractivity contribution in [3.8, 4) is 0 Å². The average Bonchev–Trinajstić information content (AvgIpc) is 2.03. The van der Waals surface area contributed by atoms with Crippen molar-refractivity contribution in [2.24, 2.45) is 0 Å². The van der Waals surface area contributed by atoms with Crippen LogP contribution in [0.1, 0.15) is 6.42 Å². The summed E-state index contributed by atoms with van der Waals surface area (Å²) in [4.78, 5) is 21.1. The molecule has 2 N–H and O–H groups in total. The monoisotopic (exact) mass is 193 g/mol. The lowest BCUT2D eigenvalue weighted by atomic mass is 10.2. The third-order valence-corrected chi connectivity index (χ3v) is 1.68. The quantitative estimate of drug-likeness (QED) is 0.468. The van der Waals surface area contributed by atoms with Crippen molar-refractivity contribution in [2.75, 3.05) is 13.4 Å². The summed E-state index contributed by atoms with van der Waals surface area (Å²) in [5, 5.41) is 8.57. The van der Waals surface area contributed by atoms with Gasteiger partial charge in [0.2, 0.25) is 0 Å². The minimum atomic E-state index is -1.06. The molecule has 5 nitrogen and oxygen atoms in total. The van der Waals surface area contributed by atoms with Crippen LogP contribution in [0.2, 0.25) is 0 Å². The summed E-state index contributed by atoms with van der Waals surface area (Å²) in [5.41, 5.74) is 0. The number of carboxylic acids is 1. The van der Waals surface area contributed by atoms with Crippen LogP contribution >= 0.6 is 11.9 Å². The van der Waals surface area contributed by atoms with Crippen molar-refractivity contribution in [1.82, 2.24) is 4.72 Å². The third-order valence-electron chi connectivity index (χ3n) is 1.16. The predicted octanol–water partition coefficient (Wildman–Crippen LogP) is -0.130. The van der Waals surface area contributed by atoms with Crippen LogP contribution in [0.5, 0.6) is 0 Å². The van der Waals surface area contributed by atoms with Crippen LogP contribution in [-0.4, -0.2) is 36.5 Å². The molecule has 0 bridgehead atoms. The highest BCUT2D eigenvalue weighted by atomic mass is 32.2. The van der Waals surface area contributed by atoms with E-state index in [2.05, 4.69) is 9.46 Å². The lowest BCUT2D eigenvalue weighted by Crippen LogP contribution is -2.34. The summed E-state index contributed by atoms with van der Waals surface area (Å²) < 4.78 is 6.89. The van der Waals surface area contributed by atoms with Crippen molar-refractivity contribution in [2.45, 2.75) is 12.5 Å². The predicted molar refractivity (Wildman–Crippen MR) is 44.7 cm³/mol. The summed E-state index contributed by atoms with van der Waals surface area (Å²) in [6.07, 6.45) is 1.53. The molecule has 0 aliphatic carbocycles. The lowest BCUT2D eigenvalue weighted by Gasteiger charge is -2.09. The van der Waals surface area contributed by atoms with Crippen LogP contribution in [-0.2, 0) is 14.3 Å². The van der Waals surface area contributed by atoms with E-state index in [1.54, 1.807) is 6.26 Å². The van der Waals surface area contributed by atoms with Crippen LogP contribution in [0, 0.1) is 0 Å². The average molecular weight is 193 g/mol. The molecule has 0 aromatic carbocycles. The summed E-state index contributed by atoms with van der Waals surface area (Å²) in [6, 6.07) is -0.882. The van der Waals surface area contributed by atoms with Gasteiger partial charge in [-0.25, -0.2) is 4.72 Å². The zero-order chi connectivity index (χ0) is 9.56. The molecule has 0 spiro atoms. The Hall–Kier alpha value is -0.750. The van der Waals surface area contributed by atoms with E-state index in [1.165, 1.54) is 7.11 Å². The van der Waals surface area contributed by atoms with Gasteiger partial charge < -0.3 is 9.84 Å². The highest BCUT2D eigenvalue weighted by Gasteiger charge is 2.20. The van der Waals surface area contributed by atoms with E-state index < -0.39 is 18.0 Å². The summed E-state index contributed by atoms with van der Waals surface area (Å²) in [5.74, 6) is -1.60. The molecule has 70 valence electrons. The molecule has 6 heteroatoms. The maximum Gasteiger partial charge on any atom is 0.322 e. The number of nitrogens with one attached hydrogen (secondary N) is 1. The molecule has 0 saturated heterocycles. The van der Waals surface area contributed by atoms with Gasteiger partial charge in [-0.15, -0.1) is 0 Å².